The molecule has 0 radical (unpaired) electrons. The van der Waals surface area contributed by atoms with Crippen LogP contribution in [-0.2, 0) is 14.8 Å². The zero-order valence-electron chi connectivity index (χ0n) is 19.7. The van der Waals surface area contributed by atoms with Gasteiger partial charge in [-0.05, 0) is 49.2 Å². The quantitative estimate of drug-likeness (QED) is 0.498. The van der Waals surface area contributed by atoms with Gasteiger partial charge < -0.3 is 19.3 Å². The molecule has 35 heavy (non-hydrogen) atoms. The molecule has 1 amide bonds. The molecule has 2 aromatic carbocycles. The van der Waals surface area contributed by atoms with Crippen molar-refractivity contribution in [3.05, 3.63) is 42.5 Å². The Morgan fingerprint density at radius 1 is 1.00 bits per heavy atom. The molecule has 9 nitrogen and oxygen atoms in total. The van der Waals surface area contributed by atoms with Gasteiger partial charge in [0.1, 0.15) is 23.1 Å². The average molecular weight is 517 g/mol. The molecule has 2 aliphatic heterocycles. The number of hydrogen-bond acceptors (Lipinski definition) is 8. The number of aromatic nitrogens is 1. The molecule has 2 saturated heterocycles. The highest BCUT2D eigenvalue weighted by molar-refractivity contribution is 7.89. The summed E-state index contributed by atoms with van der Waals surface area (Å²) in [6.07, 6.45) is 1.20. The normalized spacial score (nSPS) is 19.3. The van der Waals surface area contributed by atoms with E-state index in [0.717, 1.165) is 21.1 Å². The van der Waals surface area contributed by atoms with Crippen LogP contribution < -0.4 is 14.4 Å². The Labute approximate surface area is 208 Å². The first-order chi connectivity index (χ1) is 16.9. The van der Waals surface area contributed by atoms with E-state index in [1.165, 1.54) is 23.5 Å². The van der Waals surface area contributed by atoms with Crippen LogP contribution in [0.5, 0.6) is 11.5 Å². The molecule has 1 aromatic heterocycles. The largest absolute Gasteiger partial charge is 0.497 e. The van der Waals surface area contributed by atoms with Crippen molar-refractivity contribution in [1.82, 2.24) is 14.2 Å². The van der Waals surface area contributed by atoms with Gasteiger partial charge in [-0.15, -0.1) is 0 Å². The molecule has 2 aliphatic rings. The summed E-state index contributed by atoms with van der Waals surface area (Å²) < 4.78 is 39.6. The van der Waals surface area contributed by atoms with Gasteiger partial charge in [-0.3, -0.25) is 4.79 Å². The number of anilines is 1. The first-order valence-corrected chi connectivity index (χ1v) is 13.8. The van der Waals surface area contributed by atoms with Gasteiger partial charge in [0.25, 0.3) is 0 Å². The number of sulfonamides is 1. The van der Waals surface area contributed by atoms with Crippen molar-refractivity contribution in [2.75, 3.05) is 51.8 Å². The summed E-state index contributed by atoms with van der Waals surface area (Å²) in [5.41, 5.74) is 0.846. The van der Waals surface area contributed by atoms with Crippen LogP contribution in [0.1, 0.15) is 12.8 Å². The van der Waals surface area contributed by atoms with Crippen molar-refractivity contribution < 1.29 is 22.7 Å². The van der Waals surface area contributed by atoms with Crippen molar-refractivity contribution in [3.8, 4) is 11.5 Å². The first kappa shape index (κ1) is 23.8. The van der Waals surface area contributed by atoms with Crippen LogP contribution in [-0.4, -0.2) is 81.5 Å². The number of benzene rings is 2. The molecule has 0 N–H and O–H groups in total. The highest BCUT2D eigenvalue weighted by atomic mass is 32.2. The second-order valence-corrected chi connectivity index (χ2v) is 11.5. The SMILES string of the molecule is COc1ccc(S(=O)(=O)N2CCCC2C(=O)N2CCN(c3nc4c(OC)cccc4s3)CC2)cc1. The monoisotopic (exact) mass is 516 g/mol. The van der Waals surface area contributed by atoms with Gasteiger partial charge in [0.05, 0.1) is 23.8 Å². The standard InChI is InChI=1S/C24H28N4O5S2/c1-32-17-8-10-18(11-9-17)35(30,31)28-12-4-5-19(28)23(29)26-13-15-27(16-14-26)24-25-22-20(33-2)6-3-7-21(22)34-24/h3,6-11,19H,4-5,12-16H2,1-2H3. The molecule has 3 aromatic rings. The minimum absolute atomic E-state index is 0.120. The number of carbonyl (C=O) groups excluding carboxylic acids is 1. The fourth-order valence-corrected chi connectivity index (χ4v) is 7.38. The smallest absolute Gasteiger partial charge is 0.243 e. The van der Waals surface area contributed by atoms with Crippen LogP contribution >= 0.6 is 11.3 Å². The number of nitrogens with zero attached hydrogens (tertiary/aromatic N) is 4. The van der Waals surface area contributed by atoms with Crippen molar-refractivity contribution in [2.45, 2.75) is 23.8 Å². The number of methoxy groups -OCH3 is 2. The zero-order chi connectivity index (χ0) is 24.6. The Morgan fingerprint density at radius 3 is 2.43 bits per heavy atom. The Hall–Kier alpha value is -2.89. The third-order valence-corrected chi connectivity index (χ3v) is 9.61. The molecule has 3 heterocycles. The van der Waals surface area contributed by atoms with Gasteiger partial charge in [-0.1, -0.05) is 17.4 Å². The summed E-state index contributed by atoms with van der Waals surface area (Å²) in [6, 6.07) is 11.5. The lowest BCUT2D eigenvalue weighted by Crippen LogP contribution is -2.54. The maximum Gasteiger partial charge on any atom is 0.243 e. The lowest BCUT2D eigenvalue weighted by molar-refractivity contribution is -0.134. The van der Waals surface area contributed by atoms with Crippen LogP contribution in [0.4, 0.5) is 5.13 Å². The summed E-state index contributed by atoms with van der Waals surface area (Å²) in [7, 11) is -0.600. The molecular weight excluding hydrogens is 488 g/mol. The first-order valence-electron chi connectivity index (χ1n) is 11.6. The van der Waals surface area contributed by atoms with Crippen LogP contribution in [0.2, 0.25) is 0 Å². The lowest BCUT2D eigenvalue weighted by atomic mass is 10.2. The number of ether oxygens (including phenoxy) is 2. The summed E-state index contributed by atoms with van der Waals surface area (Å²) in [4.78, 5) is 22.3. The molecule has 186 valence electrons. The molecule has 0 bridgehead atoms. The Bertz CT molecular complexity index is 1320. The fraction of sp³-hybridized carbons (Fsp3) is 0.417. The van der Waals surface area contributed by atoms with E-state index in [1.807, 2.05) is 18.2 Å². The number of rotatable bonds is 6. The van der Waals surface area contributed by atoms with Gasteiger partial charge in [0.2, 0.25) is 15.9 Å². The predicted octanol–water partition coefficient (Wildman–Crippen LogP) is 2.82. The van der Waals surface area contributed by atoms with E-state index in [-0.39, 0.29) is 10.8 Å². The fourth-order valence-electron chi connectivity index (χ4n) is 4.70. The molecule has 0 aliphatic carbocycles. The molecule has 5 rings (SSSR count). The number of piperazine rings is 1. The number of para-hydroxylation sites is 1. The van der Waals surface area contributed by atoms with E-state index < -0.39 is 16.1 Å². The highest BCUT2D eigenvalue weighted by Crippen LogP contribution is 2.35. The minimum Gasteiger partial charge on any atom is -0.497 e. The second-order valence-electron chi connectivity index (χ2n) is 8.57. The summed E-state index contributed by atoms with van der Waals surface area (Å²) in [5.74, 6) is 1.21. The summed E-state index contributed by atoms with van der Waals surface area (Å²) in [6.45, 7) is 2.69. The third-order valence-electron chi connectivity index (χ3n) is 6.61. The van der Waals surface area contributed by atoms with Gasteiger partial charge in [0, 0.05) is 32.7 Å². The molecule has 11 heteroatoms. The van der Waals surface area contributed by atoms with E-state index in [1.54, 1.807) is 35.5 Å². The summed E-state index contributed by atoms with van der Waals surface area (Å²) in [5, 5.41) is 0.904. The molecular formula is C24H28N4O5S2. The number of thiazole rings is 1. The van der Waals surface area contributed by atoms with Crippen LogP contribution in [0.25, 0.3) is 10.2 Å². The van der Waals surface area contributed by atoms with Crippen LogP contribution in [0, 0.1) is 0 Å². The number of amides is 1. The number of carbonyl (C=O) groups is 1. The molecule has 2 fully saturated rings. The van der Waals surface area contributed by atoms with Gasteiger partial charge in [0.15, 0.2) is 5.13 Å². The van der Waals surface area contributed by atoms with Crippen molar-refractivity contribution in [2.24, 2.45) is 0 Å². The van der Waals surface area contributed by atoms with Crippen molar-refractivity contribution >= 4 is 42.6 Å². The Kier molecular flexibility index (Phi) is 6.56. The van der Waals surface area contributed by atoms with E-state index in [2.05, 4.69) is 4.90 Å². The number of fused-ring (bicyclic) bond motifs is 1. The van der Waals surface area contributed by atoms with Crippen molar-refractivity contribution in [1.29, 1.82) is 0 Å². The molecule has 1 unspecified atom stereocenters. The minimum atomic E-state index is -3.77. The topological polar surface area (TPSA) is 92.3 Å². The maximum absolute atomic E-state index is 13.4. The number of hydrogen-bond donors (Lipinski definition) is 0. The summed E-state index contributed by atoms with van der Waals surface area (Å²) >= 11 is 1.61. The molecule has 0 spiro atoms. The van der Waals surface area contributed by atoms with E-state index >= 15 is 0 Å². The molecule has 0 saturated carbocycles. The van der Waals surface area contributed by atoms with Crippen LogP contribution in [0.3, 0.4) is 0 Å². The Morgan fingerprint density at radius 2 is 1.74 bits per heavy atom. The zero-order valence-corrected chi connectivity index (χ0v) is 21.3. The van der Waals surface area contributed by atoms with E-state index in [0.29, 0.717) is 51.3 Å². The average Bonchev–Trinajstić information content (AvgIpc) is 3.56. The van der Waals surface area contributed by atoms with E-state index in [9.17, 15) is 13.2 Å². The second kappa shape index (κ2) is 9.63. The lowest BCUT2D eigenvalue weighted by Gasteiger charge is -2.37. The predicted molar refractivity (Wildman–Crippen MR) is 135 cm³/mol. The third kappa shape index (κ3) is 4.43. The van der Waals surface area contributed by atoms with E-state index in [4.69, 9.17) is 14.5 Å². The van der Waals surface area contributed by atoms with Gasteiger partial charge >= 0.3 is 0 Å². The van der Waals surface area contributed by atoms with Crippen LogP contribution in [0.15, 0.2) is 47.4 Å². The van der Waals surface area contributed by atoms with Gasteiger partial charge in [-0.25, -0.2) is 13.4 Å². The van der Waals surface area contributed by atoms with Crippen molar-refractivity contribution in [3.63, 3.8) is 0 Å². The maximum atomic E-state index is 13.4. The Balaban J connectivity index is 1.27. The highest BCUT2D eigenvalue weighted by Gasteiger charge is 2.41. The molecule has 1 atom stereocenters. The van der Waals surface area contributed by atoms with Gasteiger partial charge in [-0.2, -0.15) is 4.31 Å².